The maximum atomic E-state index is 14.7. The average Bonchev–Trinajstić information content (AvgIpc) is 2.74. The number of halogens is 5. The fourth-order valence-corrected chi connectivity index (χ4v) is 3.31. The van der Waals surface area contributed by atoms with E-state index in [2.05, 4.69) is 20.3 Å². The molecule has 0 aliphatic carbocycles. The largest absolute Gasteiger partial charge is 0.387 e. The quantitative estimate of drug-likeness (QED) is 0.528. The van der Waals surface area contributed by atoms with Gasteiger partial charge in [-0.3, -0.25) is 9.78 Å². The number of carbonyl (C=O) groups is 1. The molecular weight excluding hydrogens is 425 g/mol. The molecule has 1 aliphatic rings. The highest BCUT2D eigenvalue weighted by Gasteiger charge is 2.64. The minimum atomic E-state index is -4.07. The molecule has 0 radical (unpaired) electrons. The highest BCUT2D eigenvalue weighted by atomic mass is 19.3. The van der Waals surface area contributed by atoms with Gasteiger partial charge in [0.15, 0.2) is 6.23 Å². The molecule has 0 saturated carbocycles. The molecule has 7 nitrogen and oxygen atoms in total. The number of carbonyl (C=O) groups excluding carboxylic acids is 1. The second-order valence-electron chi connectivity index (χ2n) is 6.79. The standard InChI is InChI=1S/C19H18F5N5O2/c1-31-16(28-15(30)13-9-26-6-7-27-13)10-2-3-12(20)11(8-10)19(17(21)22)18(23,24)5-4-14(25)29-19/h2-3,6-9,16-17H,4-5H2,1H3,(H2,25,29)(H,28,30). The summed E-state index contributed by atoms with van der Waals surface area (Å²) in [5.74, 6) is -6.57. The first-order valence-electron chi connectivity index (χ1n) is 9.02. The van der Waals surface area contributed by atoms with Crippen LogP contribution >= 0.6 is 0 Å². The van der Waals surface area contributed by atoms with Crippen molar-refractivity contribution in [2.75, 3.05) is 7.11 Å². The summed E-state index contributed by atoms with van der Waals surface area (Å²) in [6, 6.07) is 2.60. The van der Waals surface area contributed by atoms with Gasteiger partial charge in [-0.05, 0) is 12.1 Å². The molecule has 166 valence electrons. The predicted octanol–water partition coefficient (Wildman–Crippen LogP) is 2.94. The summed E-state index contributed by atoms with van der Waals surface area (Å²) < 4.78 is 77.3. The van der Waals surface area contributed by atoms with Crippen LogP contribution in [0, 0.1) is 5.82 Å². The van der Waals surface area contributed by atoms with Crippen molar-refractivity contribution in [2.24, 2.45) is 10.7 Å². The van der Waals surface area contributed by atoms with Gasteiger partial charge in [0.25, 0.3) is 18.3 Å². The summed E-state index contributed by atoms with van der Waals surface area (Å²) in [5, 5.41) is 2.40. The van der Waals surface area contributed by atoms with E-state index in [1.165, 1.54) is 25.7 Å². The minimum Gasteiger partial charge on any atom is -0.387 e. The number of aliphatic imine (C=N–C) groups is 1. The van der Waals surface area contributed by atoms with Gasteiger partial charge in [0.05, 0.1) is 12.0 Å². The van der Waals surface area contributed by atoms with Crippen LogP contribution in [0.3, 0.4) is 0 Å². The Morgan fingerprint density at radius 1 is 1.29 bits per heavy atom. The van der Waals surface area contributed by atoms with Gasteiger partial charge >= 0.3 is 0 Å². The maximum absolute atomic E-state index is 14.7. The number of nitrogens with two attached hydrogens (primary N) is 1. The summed E-state index contributed by atoms with van der Waals surface area (Å²) >= 11 is 0. The number of amidine groups is 1. The van der Waals surface area contributed by atoms with Crippen LogP contribution in [0.4, 0.5) is 22.0 Å². The van der Waals surface area contributed by atoms with Crippen LogP contribution in [-0.2, 0) is 10.3 Å². The van der Waals surface area contributed by atoms with Crippen molar-refractivity contribution in [3.8, 4) is 0 Å². The molecule has 0 spiro atoms. The predicted molar refractivity (Wildman–Crippen MR) is 99.1 cm³/mol. The number of nitrogens with zero attached hydrogens (tertiary/aromatic N) is 3. The topological polar surface area (TPSA) is 102 Å². The van der Waals surface area contributed by atoms with Crippen LogP contribution in [0.5, 0.6) is 0 Å². The van der Waals surface area contributed by atoms with Gasteiger partial charge in [-0.2, -0.15) is 0 Å². The van der Waals surface area contributed by atoms with Gasteiger partial charge in [0, 0.05) is 43.5 Å². The molecule has 2 heterocycles. The molecule has 1 amide bonds. The van der Waals surface area contributed by atoms with Gasteiger partial charge < -0.3 is 15.8 Å². The van der Waals surface area contributed by atoms with Gasteiger partial charge in [-0.25, -0.2) is 31.9 Å². The van der Waals surface area contributed by atoms with E-state index in [1.807, 2.05) is 0 Å². The molecule has 1 aromatic heterocycles. The Balaban J connectivity index is 2.06. The zero-order valence-corrected chi connectivity index (χ0v) is 16.2. The van der Waals surface area contributed by atoms with E-state index in [9.17, 15) is 26.7 Å². The first kappa shape index (κ1) is 22.5. The number of methoxy groups -OCH3 is 1. The fraction of sp³-hybridized carbons (Fsp3) is 0.368. The first-order chi connectivity index (χ1) is 14.6. The van der Waals surface area contributed by atoms with Crippen molar-refractivity contribution in [1.29, 1.82) is 0 Å². The lowest BCUT2D eigenvalue weighted by Gasteiger charge is -2.40. The Hall–Kier alpha value is -3.15. The van der Waals surface area contributed by atoms with Gasteiger partial charge in [-0.15, -0.1) is 0 Å². The Morgan fingerprint density at radius 3 is 2.65 bits per heavy atom. The molecule has 0 saturated heterocycles. The van der Waals surface area contributed by atoms with E-state index in [0.717, 1.165) is 18.2 Å². The van der Waals surface area contributed by atoms with E-state index >= 15 is 0 Å². The molecule has 12 heteroatoms. The molecule has 1 aromatic carbocycles. The number of alkyl halides is 4. The van der Waals surface area contributed by atoms with Crippen LogP contribution in [0.15, 0.2) is 41.8 Å². The second-order valence-corrected chi connectivity index (χ2v) is 6.79. The highest BCUT2D eigenvalue weighted by Crippen LogP contribution is 2.51. The number of amides is 1. The molecule has 0 fully saturated rings. The van der Waals surface area contributed by atoms with Crippen molar-refractivity contribution < 1.29 is 31.5 Å². The molecular formula is C19H18F5N5O2. The first-order valence-corrected chi connectivity index (χ1v) is 9.02. The van der Waals surface area contributed by atoms with Crippen molar-refractivity contribution in [1.82, 2.24) is 15.3 Å². The third kappa shape index (κ3) is 4.07. The Kier molecular flexibility index (Phi) is 6.20. The van der Waals surface area contributed by atoms with Crippen molar-refractivity contribution in [3.63, 3.8) is 0 Å². The van der Waals surface area contributed by atoms with E-state index < -0.39 is 60.1 Å². The van der Waals surface area contributed by atoms with Crippen LogP contribution in [0.25, 0.3) is 0 Å². The smallest absolute Gasteiger partial charge is 0.283 e. The van der Waals surface area contributed by atoms with E-state index in [4.69, 9.17) is 10.5 Å². The van der Waals surface area contributed by atoms with Crippen LogP contribution < -0.4 is 11.1 Å². The van der Waals surface area contributed by atoms with Crippen LogP contribution in [0.2, 0.25) is 0 Å². The second kappa shape index (κ2) is 8.53. The molecule has 31 heavy (non-hydrogen) atoms. The monoisotopic (exact) mass is 443 g/mol. The molecule has 2 atom stereocenters. The van der Waals surface area contributed by atoms with Crippen LogP contribution in [-0.4, -0.2) is 41.2 Å². The molecule has 2 unspecified atom stereocenters. The van der Waals surface area contributed by atoms with E-state index in [1.54, 1.807) is 0 Å². The van der Waals surface area contributed by atoms with Crippen molar-refractivity contribution in [2.45, 2.75) is 37.0 Å². The lowest BCUT2D eigenvalue weighted by molar-refractivity contribution is -0.145. The number of hydrogen-bond acceptors (Lipinski definition) is 6. The average molecular weight is 443 g/mol. The summed E-state index contributed by atoms with van der Waals surface area (Å²) in [4.78, 5) is 23.2. The maximum Gasteiger partial charge on any atom is 0.283 e. The minimum absolute atomic E-state index is 0.0636. The van der Waals surface area contributed by atoms with Gasteiger partial charge in [0.1, 0.15) is 11.5 Å². The molecule has 3 rings (SSSR count). The summed E-state index contributed by atoms with van der Waals surface area (Å²) in [6.07, 6.45) is -2.69. The van der Waals surface area contributed by atoms with Crippen LogP contribution in [0.1, 0.15) is 40.7 Å². The normalized spacial score (nSPS) is 21.5. The highest BCUT2D eigenvalue weighted by molar-refractivity contribution is 5.92. The number of benzene rings is 1. The fourth-order valence-electron chi connectivity index (χ4n) is 3.31. The van der Waals surface area contributed by atoms with Crippen molar-refractivity contribution >= 4 is 11.7 Å². The van der Waals surface area contributed by atoms with Crippen molar-refractivity contribution in [3.05, 3.63) is 59.4 Å². The SMILES string of the molecule is COC(NC(=O)c1cnccn1)c1ccc(F)c(C2(C(F)F)N=C(N)CCC2(F)F)c1. The lowest BCUT2D eigenvalue weighted by Crippen LogP contribution is -2.54. The van der Waals surface area contributed by atoms with Gasteiger partial charge in [0.2, 0.25) is 5.54 Å². The third-order valence-corrected chi connectivity index (χ3v) is 4.89. The molecule has 2 aromatic rings. The number of hydrogen-bond donors (Lipinski definition) is 2. The summed E-state index contributed by atoms with van der Waals surface area (Å²) in [6.45, 7) is 0. The van der Waals surface area contributed by atoms with Gasteiger partial charge in [-0.1, -0.05) is 6.07 Å². The van der Waals surface area contributed by atoms with E-state index in [-0.39, 0.29) is 11.3 Å². The lowest BCUT2D eigenvalue weighted by atomic mass is 9.79. The Labute approximate surface area is 173 Å². The number of aromatic nitrogens is 2. The number of ether oxygens (including phenoxy) is 1. The molecule has 0 bridgehead atoms. The Bertz CT molecular complexity index is 989. The zero-order chi connectivity index (χ0) is 22.8. The summed E-state index contributed by atoms with van der Waals surface area (Å²) in [5.41, 5.74) is 0.773. The molecule has 1 aliphatic heterocycles. The third-order valence-electron chi connectivity index (χ3n) is 4.89. The number of rotatable bonds is 6. The zero-order valence-electron chi connectivity index (χ0n) is 16.2. The summed E-state index contributed by atoms with van der Waals surface area (Å²) in [7, 11) is 1.18. The Morgan fingerprint density at radius 2 is 2.03 bits per heavy atom. The number of nitrogens with one attached hydrogen (secondary N) is 1. The van der Waals surface area contributed by atoms with E-state index in [0.29, 0.717) is 0 Å². The molecule has 3 N–H and O–H groups in total.